The number of hydrogen-bond acceptors (Lipinski definition) is 5. The average molecular weight is 381 g/mol. The third-order valence-corrected chi connectivity index (χ3v) is 6.28. The molecule has 0 bridgehead atoms. The molecule has 1 aromatic rings. The summed E-state index contributed by atoms with van der Waals surface area (Å²) in [5, 5.41) is 10.7. The molecule has 1 aliphatic heterocycles. The summed E-state index contributed by atoms with van der Waals surface area (Å²) in [6.07, 6.45) is -4.74. The Hall–Kier alpha value is -1.72. The van der Waals surface area contributed by atoms with Gasteiger partial charge in [0, 0.05) is 31.3 Å². The second kappa shape index (κ2) is 6.22. The van der Waals surface area contributed by atoms with Gasteiger partial charge in [0.2, 0.25) is 10.0 Å². The molecule has 0 saturated carbocycles. The largest absolute Gasteiger partial charge is 0.417 e. The minimum Gasteiger partial charge on any atom is -0.327 e. The number of non-ortho nitro benzene ring substituents is 1. The van der Waals surface area contributed by atoms with Crippen LogP contribution in [0, 0.1) is 15.5 Å². The molecule has 1 fully saturated rings. The summed E-state index contributed by atoms with van der Waals surface area (Å²) in [5.74, 6) is 0. The predicted molar refractivity (Wildman–Crippen MR) is 83.2 cm³/mol. The number of rotatable bonds is 3. The number of nitro groups is 1. The fraction of sp³-hybridized carbons (Fsp3) is 0.571. The van der Waals surface area contributed by atoms with Crippen LogP contribution in [0.5, 0.6) is 0 Å². The standard InChI is InChI=1S/C14H18F3N3O4S/c1-13(2)8-19(6-5-12(13)18)25(23,24)11-4-3-9(20(21)22)7-10(11)14(15,16)17/h3-4,7,12H,5-6,8,18H2,1-2H3. The Bertz CT molecular complexity index is 793. The Morgan fingerprint density at radius 3 is 2.44 bits per heavy atom. The Kier molecular flexibility index (Phi) is 4.88. The van der Waals surface area contributed by atoms with Gasteiger partial charge in [0.1, 0.15) is 0 Å². The zero-order valence-electron chi connectivity index (χ0n) is 13.6. The topological polar surface area (TPSA) is 107 Å². The van der Waals surface area contributed by atoms with Gasteiger partial charge in [0.05, 0.1) is 15.4 Å². The van der Waals surface area contributed by atoms with Gasteiger partial charge in [-0.25, -0.2) is 8.42 Å². The maximum Gasteiger partial charge on any atom is 0.417 e. The van der Waals surface area contributed by atoms with Crippen molar-refractivity contribution in [2.24, 2.45) is 11.1 Å². The van der Waals surface area contributed by atoms with Crippen LogP contribution in [0.15, 0.2) is 23.1 Å². The zero-order valence-corrected chi connectivity index (χ0v) is 14.4. The molecule has 0 aromatic heterocycles. The summed E-state index contributed by atoms with van der Waals surface area (Å²) in [7, 11) is -4.48. The second-order valence-electron chi connectivity index (χ2n) is 6.66. The van der Waals surface area contributed by atoms with Crippen LogP contribution >= 0.6 is 0 Å². The highest BCUT2D eigenvalue weighted by molar-refractivity contribution is 7.89. The lowest BCUT2D eigenvalue weighted by Gasteiger charge is -2.41. The minimum absolute atomic E-state index is 0.0127. The fourth-order valence-corrected chi connectivity index (χ4v) is 4.57. The summed E-state index contributed by atoms with van der Waals surface area (Å²) in [6.45, 7) is 3.42. The van der Waals surface area contributed by atoms with E-state index in [4.69, 9.17) is 5.73 Å². The van der Waals surface area contributed by atoms with E-state index in [1.165, 1.54) is 0 Å². The SMILES string of the molecule is CC1(C)CN(S(=O)(=O)c2ccc([N+](=O)[O-])cc2C(F)(F)F)CCC1N. The van der Waals surface area contributed by atoms with Crippen LogP contribution in [0.1, 0.15) is 25.8 Å². The number of piperidine rings is 1. The first-order valence-electron chi connectivity index (χ1n) is 7.38. The molecule has 1 unspecified atom stereocenters. The molecule has 7 nitrogen and oxygen atoms in total. The van der Waals surface area contributed by atoms with Crippen molar-refractivity contribution in [1.82, 2.24) is 4.31 Å². The van der Waals surface area contributed by atoms with Crippen LogP contribution in [-0.2, 0) is 16.2 Å². The number of sulfonamides is 1. The summed E-state index contributed by atoms with van der Waals surface area (Å²) < 4.78 is 66.3. The molecule has 0 spiro atoms. The van der Waals surface area contributed by atoms with E-state index in [1.807, 2.05) is 0 Å². The molecule has 0 aliphatic carbocycles. The van der Waals surface area contributed by atoms with Crippen LogP contribution < -0.4 is 5.73 Å². The van der Waals surface area contributed by atoms with E-state index in [-0.39, 0.29) is 25.2 Å². The Morgan fingerprint density at radius 2 is 1.96 bits per heavy atom. The van der Waals surface area contributed by atoms with Crippen LogP contribution in [-0.4, -0.2) is 36.8 Å². The highest BCUT2D eigenvalue weighted by Crippen LogP contribution is 2.39. The maximum absolute atomic E-state index is 13.3. The van der Waals surface area contributed by atoms with Crippen molar-refractivity contribution in [3.63, 3.8) is 0 Å². The molecule has 1 atom stereocenters. The second-order valence-corrected chi connectivity index (χ2v) is 8.56. The third kappa shape index (κ3) is 3.77. The molecule has 1 aromatic carbocycles. The molecule has 2 N–H and O–H groups in total. The lowest BCUT2D eigenvalue weighted by Crippen LogP contribution is -2.54. The molecular weight excluding hydrogens is 363 g/mol. The fourth-order valence-electron chi connectivity index (χ4n) is 2.75. The Morgan fingerprint density at radius 1 is 1.36 bits per heavy atom. The van der Waals surface area contributed by atoms with Crippen molar-refractivity contribution < 1.29 is 26.5 Å². The quantitative estimate of drug-likeness (QED) is 0.639. The smallest absolute Gasteiger partial charge is 0.327 e. The van der Waals surface area contributed by atoms with Gasteiger partial charge in [-0.05, 0) is 17.9 Å². The Labute approximate surface area is 142 Å². The molecular formula is C14H18F3N3O4S. The van der Waals surface area contributed by atoms with Crippen molar-refractivity contribution in [3.8, 4) is 0 Å². The van der Waals surface area contributed by atoms with Crippen LogP contribution in [0.2, 0.25) is 0 Å². The van der Waals surface area contributed by atoms with Gasteiger partial charge in [0.15, 0.2) is 0 Å². The molecule has 140 valence electrons. The first-order valence-corrected chi connectivity index (χ1v) is 8.82. The van der Waals surface area contributed by atoms with Crippen molar-refractivity contribution in [2.45, 2.75) is 37.4 Å². The monoisotopic (exact) mass is 381 g/mol. The molecule has 25 heavy (non-hydrogen) atoms. The minimum atomic E-state index is -5.05. The van der Waals surface area contributed by atoms with Gasteiger partial charge < -0.3 is 5.73 Å². The highest BCUT2D eigenvalue weighted by atomic mass is 32.2. The van der Waals surface area contributed by atoms with Gasteiger partial charge in [-0.3, -0.25) is 10.1 Å². The average Bonchev–Trinajstić information content (AvgIpc) is 2.48. The van der Waals surface area contributed by atoms with E-state index in [0.29, 0.717) is 12.5 Å². The van der Waals surface area contributed by atoms with Gasteiger partial charge in [-0.15, -0.1) is 0 Å². The summed E-state index contributed by atoms with van der Waals surface area (Å²) in [5.41, 5.74) is 2.95. The number of halogens is 3. The van der Waals surface area contributed by atoms with E-state index in [2.05, 4.69) is 0 Å². The first kappa shape index (κ1) is 19.6. The van der Waals surface area contributed by atoms with Crippen molar-refractivity contribution in [1.29, 1.82) is 0 Å². The number of alkyl halides is 3. The third-order valence-electron chi connectivity index (χ3n) is 4.37. The van der Waals surface area contributed by atoms with Crippen molar-refractivity contribution >= 4 is 15.7 Å². The predicted octanol–water partition coefficient (Wildman–Crippen LogP) is 2.36. The first-order chi connectivity index (χ1) is 11.3. The molecule has 1 heterocycles. The molecule has 1 aliphatic rings. The number of nitro benzene ring substituents is 1. The maximum atomic E-state index is 13.3. The number of nitrogens with zero attached hydrogens (tertiary/aromatic N) is 2. The molecule has 11 heteroatoms. The van der Waals surface area contributed by atoms with Crippen molar-refractivity contribution in [3.05, 3.63) is 33.9 Å². The van der Waals surface area contributed by atoms with Crippen LogP contribution in [0.4, 0.5) is 18.9 Å². The van der Waals surface area contributed by atoms with E-state index in [1.54, 1.807) is 13.8 Å². The van der Waals surface area contributed by atoms with E-state index >= 15 is 0 Å². The lowest BCUT2D eigenvalue weighted by molar-refractivity contribution is -0.385. The number of hydrogen-bond donors (Lipinski definition) is 1. The molecule has 2 rings (SSSR count). The zero-order chi connectivity index (χ0) is 19.2. The molecule has 1 saturated heterocycles. The van der Waals surface area contributed by atoms with E-state index in [9.17, 15) is 31.7 Å². The van der Waals surface area contributed by atoms with Gasteiger partial charge in [-0.1, -0.05) is 13.8 Å². The van der Waals surface area contributed by atoms with E-state index in [0.717, 1.165) is 10.4 Å². The normalized spacial score (nSPS) is 21.9. The molecule has 0 radical (unpaired) electrons. The van der Waals surface area contributed by atoms with Gasteiger partial charge >= 0.3 is 6.18 Å². The summed E-state index contributed by atoms with van der Waals surface area (Å²) in [6, 6.07) is 1.35. The number of benzene rings is 1. The van der Waals surface area contributed by atoms with Crippen LogP contribution in [0.25, 0.3) is 0 Å². The summed E-state index contributed by atoms with van der Waals surface area (Å²) in [4.78, 5) is 8.73. The lowest BCUT2D eigenvalue weighted by atomic mass is 9.81. The van der Waals surface area contributed by atoms with Crippen LogP contribution in [0.3, 0.4) is 0 Å². The van der Waals surface area contributed by atoms with Gasteiger partial charge in [-0.2, -0.15) is 17.5 Å². The number of nitrogens with two attached hydrogens (primary N) is 1. The van der Waals surface area contributed by atoms with Gasteiger partial charge in [0.25, 0.3) is 5.69 Å². The highest BCUT2D eigenvalue weighted by Gasteiger charge is 2.43. The van der Waals surface area contributed by atoms with Crippen molar-refractivity contribution in [2.75, 3.05) is 13.1 Å². The summed E-state index contributed by atoms with van der Waals surface area (Å²) >= 11 is 0. The van der Waals surface area contributed by atoms with E-state index < -0.39 is 42.7 Å². The molecule has 0 amide bonds. The Balaban J connectivity index is 2.54.